The van der Waals surface area contributed by atoms with Crippen LogP contribution in [0, 0.1) is 6.92 Å². The lowest BCUT2D eigenvalue weighted by molar-refractivity contribution is 0.438. The first-order valence-electron chi connectivity index (χ1n) is 5.04. The standard InChI is InChI=1S/C9H14N4O2S/c1-8-10-6-9(7-11-8)13-5-3-4-12(2)16(13,14)15/h6-7H,3-5H2,1-2H3. The van der Waals surface area contributed by atoms with E-state index in [1.807, 2.05) is 0 Å². The fraction of sp³-hybridized carbons (Fsp3) is 0.556. The van der Waals surface area contributed by atoms with E-state index >= 15 is 0 Å². The van der Waals surface area contributed by atoms with Crippen molar-refractivity contribution in [3.63, 3.8) is 0 Å². The summed E-state index contributed by atoms with van der Waals surface area (Å²) in [5, 5.41) is 0. The van der Waals surface area contributed by atoms with Gasteiger partial charge in [0.2, 0.25) is 0 Å². The topological polar surface area (TPSA) is 66.4 Å². The molecule has 1 aromatic rings. The highest BCUT2D eigenvalue weighted by Crippen LogP contribution is 2.21. The molecule has 6 nitrogen and oxygen atoms in total. The van der Waals surface area contributed by atoms with Gasteiger partial charge in [-0.3, -0.25) is 4.31 Å². The number of aromatic nitrogens is 2. The van der Waals surface area contributed by atoms with Crippen LogP contribution in [0.25, 0.3) is 0 Å². The first kappa shape index (κ1) is 11.3. The molecule has 0 radical (unpaired) electrons. The van der Waals surface area contributed by atoms with Crippen LogP contribution in [0.5, 0.6) is 0 Å². The molecular formula is C9H14N4O2S. The molecule has 1 aliphatic rings. The summed E-state index contributed by atoms with van der Waals surface area (Å²) >= 11 is 0. The molecule has 88 valence electrons. The summed E-state index contributed by atoms with van der Waals surface area (Å²) < 4.78 is 26.7. The van der Waals surface area contributed by atoms with Crippen LogP contribution in [0.2, 0.25) is 0 Å². The van der Waals surface area contributed by atoms with Gasteiger partial charge >= 0.3 is 10.2 Å². The number of aryl methyl sites for hydroxylation is 1. The van der Waals surface area contributed by atoms with E-state index in [9.17, 15) is 8.42 Å². The number of hydrogen-bond acceptors (Lipinski definition) is 4. The number of anilines is 1. The van der Waals surface area contributed by atoms with Crippen LogP contribution in [0.15, 0.2) is 12.4 Å². The molecule has 2 rings (SSSR count). The minimum atomic E-state index is -3.38. The minimum absolute atomic E-state index is 0.485. The first-order valence-corrected chi connectivity index (χ1v) is 6.44. The summed E-state index contributed by atoms with van der Waals surface area (Å²) in [6.07, 6.45) is 3.89. The monoisotopic (exact) mass is 242 g/mol. The predicted molar refractivity (Wildman–Crippen MR) is 60.3 cm³/mol. The van der Waals surface area contributed by atoms with Gasteiger partial charge in [-0.25, -0.2) is 9.97 Å². The van der Waals surface area contributed by atoms with Gasteiger partial charge in [-0.1, -0.05) is 0 Å². The molecule has 0 amide bonds. The summed E-state index contributed by atoms with van der Waals surface area (Å²) in [6, 6.07) is 0. The lowest BCUT2D eigenvalue weighted by Crippen LogP contribution is -2.48. The van der Waals surface area contributed by atoms with Crippen molar-refractivity contribution in [2.24, 2.45) is 0 Å². The molecule has 7 heteroatoms. The second kappa shape index (κ2) is 3.99. The molecule has 1 fully saturated rings. The van der Waals surface area contributed by atoms with E-state index in [0.717, 1.165) is 6.42 Å². The third kappa shape index (κ3) is 1.88. The molecule has 16 heavy (non-hydrogen) atoms. The zero-order chi connectivity index (χ0) is 11.8. The van der Waals surface area contributed by atoms with Gasteiger partial charge in [0.1, 0.15) is 5.82 Å². The Morgan fingerprint density at radius 2 is 1.88 bits per heavy atom. The largest absolute Gasteiger partial charge is 0.303 e. The van der Waals surface area contributed by atoms with E-state index in [0.29, 0.717) is 24.6 Å². The van der Waals surface area contributed by atoms with Gasteiger partial charge in [0.05, 0.1) is 18.1 Å². The third-order valence-electron chi connectivity index (χ3n) is 2.56. The molecule has 0 saturated carbocycles. The van der Waals surface area contributed by atoms with E-state index in [2.05, 4.69) is 9.97 Å². The van der Waals surface area contributed by atoms with Crippen molar-refractivity contribution in [1.82, 2.24) is 14.3 Å². The Morgan fingerprint density at radius 3 is 2.50 bits per heavy atom. The van der Waals surface area contributed by atoms with Crippen LogP contribution in [0.3, 0.4) is 0 Å². The maximum absolute atomic E-state index is 12.0. The molecule has 0 spiro atoms. The van der Waals surface area contributed by atoms with Gasteiger partial charge in [0.15, 0.2) is 0 Å². The fourth-order valence-corrected chi connectivity index (χ4v) is 3.03. The van der Waals surface area contributed by atoms with E-state index < -0.39 is 10.2 Å². The Morgan fingerprint density at radius 1 is 1.25 bits per heavy atom. The summed E-state index contributed by atoms with van der Waals surface area (Å²) in [5.41, 5.74) is 0.525. The molecule has 1 saturated heterocycles. The normalized spacial score (nSPS) is 21.0. The van der Waals surface area contributed by atoms with Crippen molar-refractivity contribution in [3.8, 4) is 0 Å². The molecule has 0 aliphatic carbocycles. The molecule has 0 N–H and O–H groups in total. The van der Waals surface area contributed by atoms with Gasteiger partial charge in [0, 0.05) is 20.1 Å². The van der Waals surface area contributed by atoms with Crippen molar-refractivity contribution < 1.29 is 8.42 Å². The van der Waals surface area contributed by atoms with E-state index in [-0.39, 0.29) is 0 Å². The van der Waals surface area contributed by atoms with Gasteiger partial charge in [-0.15, -0.1) is 0 Å². The quantitative estimate of drug-likeness (QED) is 0.704. The number of nitrogens with zero attached hydrogens (tertiary/aromatic N) is 4. The highest BCUT2D eigenvalue weighted by Gasteiger charge is 2.31. The van der Waals surface area contributed by atoms with Gasteiger partial charge in [-0.2, -0.15) is 12.7 Å². The molecule has 0 unspecified atom stereocenters. The molecule has 0 atom stereocenters. The first-order chi connectivity index (χ1) is 7.51. The molecule has 0 bridgehead atoms. The maximum Gasteiger partial charge on any atom is 0.303 e. The average molecular weight is 242 g/mol. The summed E-state index contributed by atoms with van der Waals surface area (Å²) in [7, 11) is -1.80. The highest BCUT2D eigenvalue weighted by atomic mass is 32.2. The molecule has 1 aromatic heterocycles. The Balaban J connectivity index is 2.36. The summed E-state index contributed by atoms with van der Waals surface area (Å²) in [4.78, 5) is 8.02. The minimum Gasteiger partial charge on any atom is -0.254 e. The SMILES string of the molecule is Cc1ncc(N2CCCN(C)S2(=O)=O)cn1. The van der Waals surface area contributed by atoms with Crippen LogP contribution >= 0.6 is 0 Å². The van der Waals surface area contributed by atoms with Crippen molar-refractivity contribution in [2.75, 3.05) is 24.4 Å². The second-order valence-corrected chi connectivity index (χ2v) is 5.70. The Hall–Kier alpha value is -1.21. The lowest BCUT2D eigenvalue weighted by Gasteiger charge is -2.33. The van der Waals surface area contributed by atoms with E-state index in [4.69, 9.17) is 0 Å². The average Bonchev–Trinajstić information content (AvgIpc) is 2.24. The van der Waals surface area contributed by atoms with Crippen molar-refractivity contribution in [1.29, 1.82) is 0 Å². The lowest BCUT2D eigenvalue weighted by atomic mass is 10.4. The van der Waals surface area contributed by atoms with Gasteiger partial charge in [-0.05, 0) is 13.3 Å². The van der Waals surface area contributed by atoms with Crippen LogP contribution in [0.4, 0.5) is 5.69 Å². The van der Waals surface area contributed by atoms with Gasteiger partial charge < -0.3 is 0 Å². The van der Waals surface area contributed by atoms with Crippen LogP contribution in [-0.4, -0.2) is 42.8 Å². The number of hydrogen-bond donors (Lipinski definition) is 0. The second-order valence-electron chi connectivity index (χ2n) is 3.74. The highest BCUT2D eigenvalue weighted by molar-refractivity contribution is 7.90. The van der Waals surface area contributed by atoms with Crippen LogP contribution in [-0.2, 0) is 10.2 Å². The summed E-state index contributed by atoms with van der Waals surface area (Å²) in [6.45, 7) is 2.81. The smallest absolute Gasteiger partial charge is 0.254 e. The molecular weight excluding hydrogens is 228 g/mol. The molecule has 0 aromatic carbocycles. The summed E-state index contributed by atoms with van der Waals surface area (Å²) in [5.74, 6) is 0.631. The maximum atomic E-state index is 12.0. The zero-order valence-electron chi connectivity index (χ0n) is 9.29. The Bertz CT molecular complexity index is 471. The van der Waals surface area contributed by atoms with Gasteiger partial charge in [0.25, 0.3) is 0 Å². The van der Waals surface area contributed by atoms with Crippen molar-refractivity contribution in [3.05, 3.63) is 18.2 Å². The van der Waals surface area contributed by atoms with Crippen LogP contribution in [0.1, 0.15) is 12.2 Å². The van der Waals surface area contributed by atoms with Crippen LogP contribution < -0.4 is 4.31 Å². The van der Waals surface area contributed by atoms with Crippen molar-refractivity contribution in [2.45, 2.75) is 13.3 Å². The Labute approximate surface area is 95.1 Å². The number of rotatable bonds is 1. The fourth-order valence-electron chi connectivity index (χ4n) is 1.61. The Kier molecular flexibility index (Phi) is 2.81. The third-order valence-corrected chi connectivity index (χ3v) is 4.48. The molecule has 2 heterocycles. The van der Waals surface area contributed by atoms with E-state index in [1.54, 1.807) is 26.4 Å². The van der Waals surface area contributed by atoms with Crippen molar-refractivity contribution >= 4 is 15.9 Å². The predicted octanol–water partition coefficient (Wildman–Crippen LogP) is 0.172. The zero-order valence-corrected chi connectivity index (χ0v) is 10.1. The molecule has 1 aliphatic heterocycles. The van der Waals surface area contributed by atoms with E-state index in [1.165, 1.54) is 8.61 Å².